The Morgan fingerprint density at radius 1 is 1.00 bits per heavy atom. The number of anilines is 1. The van der Waals surface area contributed by atoms with Crippen molar-refractivity contribution in [3.05, 3.63) is 52.2 Å². The van der Waals surface area contributed by atoms with Gasteiger partial charge in [0.15, 0.2) is 0 Å². The van der Waals surface area contributed by atoms with Gasteiger partial charge in [0.1, 0.15) is 17.0 Å². The second kappa shape index (κ2) is 6.73. The van der Waals surface area contributed by atoms with Crippen LogP contribution in [-0.2, 0) is 6.54 Å². The van der Waals surface area contributed by atoms with Gasteiger partial charge in [-0.3, -0.25) is 4.90 Å². The van der Waals surface area contributed by atoms with Crippen molar-refractivity contribution in [2.45, 2.75) is 27.3 Å². The number of aryl methyl sites for hydroxylation is 3. The van der Waals surface area contributed by atoms with E-state index in [0.29, 0.717) is 0 Å². The Labute approximate surface area is 153 Å². The molecule has 0 aliphatic carbocycles. The lowest BCUT2D eigenvalue weighted by Crippen LogP contribution is -2.46. The fourth-order valence-corrected chi connectivity index (χ4v) is 4.54. The molecule has 1 aromatic carbocycles. The summed E-state index contributed by atoms with van der Waals surface area (Å²) in [4.78, 5) is 16.5. The normalized spacial score (nSPS) is 15.9. The summed E-state index contributed by atoms with van der Waals surface area (Å²) in [6.45, 7) is 11.8. The number of hydrogen-bond acceptors (Lipinski definition) is 5. The van der Waals surface area contributed by atoms with Crippen LogP contribution in [0.15, 0.2) is 30.6 Å². The third-order valence-electron chi connectivity index (χ3n) is 5.27. The second-order valence-electron chi connectivity index (χ2n) is 6.85. The van der Waals surface area contributed by atoms with Crippen molar-refractivity contribution in [1.29, 1.82) is 0 Å². The maximum atomic E-state index is 4.63. The molecule has 0 radical (unpaired) electrons. The van der Waals surface area contributed by atoms with E-state index in [9.17, 15) is 0 Å². The highest BCUT2D eigenvalue weighted by atomic mass is 32.1. The summed E-state index contributed by atoms with van der Waals surface area (Å²) in [6, 6.07) is 8.69. The molecule has 0 bridgehead atoms. The molecule has 5 heteroatoms. The maximum absolute atomic E-state index is 4.63. The van der Waals surface area contributed by atoms with E-state index in [0.717, 1.165) is 43.4 Å². The van der Waals surface area contributed by atoms with Gasteiger partial charge in [0, 0.05) is 37.6 Å². The summed E-state index contributed by atoms with van der Waals surface area (Å²) >= 11 is 1.77. The minimum absolute atomic E-state index is 1.02. The van der Waals surface area contributed by atoms with Gasteiger partial charge in [-0.25, -0.2) is 9.97 Å². The minimum atomic E-state index is 1.02. The van der Waals surface area contributed by atoms with Crippen LogP contribution in [0.3, 0.4) is 0 Å². The van der Waals surface area contributed by atoms with Crippen molar-refractivity contribution in [3.63, 3.8) is 0 Å². The van der Waals surface area contributed by atoms with Crippen LogP contribution in [-0.4, -0.2) is 41.0 Å². The average molecular weight is 353 g/mol. The standard InChI is InChI=1S/C20H24N4S/c1-14-6-4-5-7-17(14)12-23-8-10-24(11-9-23)19-18-15(2)16(3)25-20(18)22-13-21-19/h4-7,13H,8-12H2,1-3H3. The number of fused-ring (bicyclic) bond motifs is 1. The Hall–Kier alpha value is -1.98. The first-order valence-corrected chi connectivity index (χ1v) is 9.67. The summed E-state index contributed by atoms with van der Waals surface area (Å²) < 4.78 is 0. The SMILES string of the molecule is Cc1ccccc1CN1CCN(c2ncnc3sc(C)c(C)c23)CC1. The molecule has 1 fully saturated rings. The molecule has 0 unspecified atom stereocenters. The molecular weight excluding hydrogens is 328 g/mol. The molecule has 1 saturated heterocycles. The zero-order valence-electron chi connectivity index (χ0n) is 15.1. The number of rotatable bonds is 3. The number of hydrogen-bond donors (Lipinski definition) is 0. The monoisotopic (exact) mass is 352 g/mol. The van der Waals surface area contributed by atoms with Gasteiger partial charge in [-0.2, -0.15) is 0 Å². The Balaban J connectivity index is 1.50. The van der Waals surface area contributed by atoms with E-state index in [1.54, 1.807) is 17.7 Å². The third-order valence-corrected chi connectivity index (χ3v) is 6.39. The summed E-state index contributed by atoms with van der Waals surface area (Å²) in [5.74, 6) is 1.11. The highest BCUT2D eigenvalue weighted by Gasteiger charge is 2.22. The summed E-state index contributed by atoms with van der Waals surface area (Å²) in [6.07, 6.45) is 1.72. The zero-order chi connectivity index (χ0) is 17.4. The van der Waals surface area contributed by atoms with Crippen molar-refractivity contribution >= 4 is 27.4 Å². The van der Waals surface area contributed by atoms with Gasteiger partial charge >= 0.3 is 0 Å². The van der Waals surface area contributed by atoms with Crippen LogP contribution in [0, 0.1) is 20.8 Å². The number of aromatic nitrogens is 2. The zero-order valence-corrected chi connectivity index (χ0v) is 15.9. The number of nitrogens with zero attached hydrogens (tertiary/aromatic N) is 4. The summed E-state index contributed by atoms with van der Waals surface area (Å²) in [7, 11) is 0. The molecule has 0 amide bonds. The van der Waals surface area contributed by atoms with Gasteiger partial charge < -0.3 is 4.90 Å². The fraction of sp³-hybridized carbons (Fsp3) is 0.400. The number of thiophene rings is 1. The van der Waals surface area contributed by atoms with Crippen LogP contribution in [0.25, 0.3) is 10.2 Å². The Morgan fingerprint density at radius 3 is 2.52 bits per heavy atom. The van der Waals surface area contributed by atoms with E-state index >= 15 is 0 Å². The first kappa shape index (κ1) is 16.5. The Kier molecular flexibility index (Phi) is 4.44. The first-order chi connectivity index (χ1) is 12.1. The molecule has 0 saturated carbocycles. The first-order valence-electron chi connectivity index (χ1n) is 8.86. The van der Waals surface area contributed by atoms with E-state index in [1.807, 2.05) is 0 Å². The number of benzene rings is 1. The molecule has 1 aliphatic rings. The molecule has 4 nitrogen and oxygen atoms in total. The molecule has 130 valence electrons. The van der Waals surface area contributed by atoms with Crippen molar-refractivity contribution in [1.82, 2.24) is 14.9 Å². The van der Waals surface area contributed by atoms with Crippen molar-refractivity contribution in [2.24, 2.45) is 0 Å². The van der Waals surface area contributed by atoms with Crippen molar-refractivity contribution in [2.75, 3.05) is 31.1 Å². The van der Waals surface area contributed by atoms with Gasteiger partial charge in [0.25, 0.3) is 0 Å². The van der Waals surface area contributed by atoms with E-state index < -0.39 is 0 Å². The van der Waals surface area contributed by atoms with Crippen LogP contribution in [0.1, 0.15) is 21.6 Å². The predicted molar refractivity (Wildman–Crippen MR) is 106 cm³/mol. The highest BCUT2D eigenvalue weighted by molar-refractivity contribution is 7.18. The predicted octanol–water partition coefficient (Wildman–Crippen LogP) is 3.94. The summed E-state index contributed by atoms with van der Waals surface area (Å²) in [5.41, 5.74) is 4.15. The van der Waals surface area contributed by atoms with Crippen LogP contribution in [0.2, 0.25) is 0 Å². The van der Waals surface area contributed by atoms with Crippen LogP contribution >= 0.6 is 11.3 Å². The largest absolute Gasteiger partial charge is 0.353 e. The van der Waals surface area contributed by atoms with E-state index in [2.05, 4.69) is 64.8 Å². The average Bonchev–Trinajstić information content (AvgIpc) is 2.92. The highest BCUT2D eigenvalue weighted by Crippen LogP contribution is 2.34. The van der Waals surface area contributed by atoms with Gasteiger partial charge in [-0.15, -0.1) is 11.3 Å². The van der Waals surface area contributed by atoms with Crippen LogP contribution in [0.5, 0.6) is 0 Å². The molecular formula is C20H24N4S. The van der Waals surface area contributed by atoms with E-state index in [-0.39, 0.29) is 0 Å². The lowest BCUT2D eigenvalue weighted by molar-refractivity contribution is 0.249. The second-order valence-corrected chi connectivity index (χ2v) is 8.05. The van der Waals surface area contributed by atoms with Gasteiger partial charge in [0.05, 0.1) is 5.39 Å². The Bertz CT molecular complexity index is 894. The minimum Gasteiger partial charge on any atom is -0.353 e. The molecule has 25 heavy (non-hydrogen) atoms. The number of piperazine rings is 1. The van der Waals surface area contributed by atoms with Crippen molar-refractivity contribution in [3.8, 4) is 0 Å². The van der Waals surface area contributed by atoms with Crippen molar-refractivity contribution < 1.29 is 0 Å². The lowest BCUT2D eigenvalue weighted by Gasteiger charge is -2.36. The molecule has 0 N–H and O–H groups in total. The smallest absolute Gasteiger partial charge is 0.141 e. The van der Waals surface area contributed by atoms with Gasteiger partial charge in [-0.05, 0) is 37.5 Å². The molecule has 3 heterocycles. The molecule has 0 atom stereocenters. The van der Waals surface area contributed by atoms with Crippen LogP contribution in [0.4, 0.5) is 5.82 Å². The molecule has 0 spiro atoms. The van der Waals surface area contributed by atoms with E-state index in [1.165, 1.54) is 27.0 Å². The molecule has 1 aliphatic heterocycles. The Morgan fingerprint density at radius 2 is 1.76 bits per heavy atom. The topological polar surface area (TPSA) is 32.3 Å². The molecule has 2 aromatic heterocycles. The molecule has 3 aromatic rings. The summed E-state index contributed by atoms with van der Waals surface area (Å²) in [5, 5.41) is 1.25. The fourth-order valence-electron chi connectivity index (χ4n) is 3.55. The quantitative estimate of drug-likeness (QED) is 0.715. The lowest BCUT2D eigenvalue weighted by atomic mass is 10.1. The maximum Gasteiger partial charge on any atom is 0.141 e. The van der Waals surface area contributed by atoms with E-state index in [4.69, 9.17) is 0 Å². The van der Waals surface area contributed by atoms with Crippen LogP contribution < -0.4 is 4.90 Å². The third kappa shape index (κ3) is 3.14. The molecule has 4 rings (SSSR count). The van der Waals surface area contributed by atoms with Gasteiger partial charge in [-0.1, -0.05) is 24.3 Å². The van der Waals surface area contributed by atoms with Gasteiger partial charge in [0.2, 0.25) is 0 Å².